The number of rotatable bonds is 4. The molecule has 0 saturated carbocycles. The fraction of sp³-hybridized carbons (Fsp3) is 0.500. The molecule has 3 nitrogen and oxygen atoms in total. The van der Waals surface area contributed by atoms with Gasteiger partial charge in [-0.25, -0.2) is 0 Å². The SMILES string of the molecule is CN(C(=O)CC[C@@H]1CCCO1)c1ccccc1. The molecule has 1 amide bonds. The van der Waals surface area contributed by atoms with Crippen LogP contribution in [0.1, 0.15) is 25.7 Å². The van der Waals surface area contributed by atoms with Crippen molar-refractivity contribution in [3.05, 3.63) is 30.3 Å². The maximum absolute atomic E-state index is 12.0. The molecule has 92 valence electrons. The van der Waals surface area contributed by atoms with Crippen molar-refractivity contribution in [2.75, 3.05) is 18.6 Å². The van der Waals surface area contributed by atoms with Gasteiger partial charge in [-0.05, 0) is 31.4 Å². The Bertz CT molecular complexity index is 358. The molecule has 1 aliphatic heterocycles. The second kappa shape index (κ2) is 5.82. The second-order valence-electron chi connectivity index (χ2n) is 4.46. The molecule has 3 heteroatoms. The summed E-state index contributed by atoms with van der Waals surface area (Å²) in [7, 11) is 1.83. The van der Waals surface area contributed by atoms with E-state index >= 15 is 0 Å². The van der Waals surface area contributed by atoms with Gasteiger partial charge >= 0.3 is 0 Å². The number of nitrogens with zero attached hydrogens (tertiary/aromatic N) is 1. The summed E-state index contributed by atoms with van der Waals surface area (Å²) in [5, 5.41) is 0. The van der Waals surface area contributed by atoms with E-state index in [1.54, 1.807) is 4.90 Å². The average molecular weight is 233 g/mol. The molecule has 1 atom stereocenters. The quantitative estimate of drug-likeness (QED) is 0.800. The lowest BCUT2D eigenvalue weighted by Crippen LogP contribution is -2.26. The van der Waals surface area contributed by atoms with E-state index in [0.717, 1.165) is 31.6 Å². The van der Waals surface area contributed by atoms with Gasteiger partial charge in [0.15, 0.2) is 0 Å². The minimum absolute atomic E-state index is 0.159. The van der Waals surface area contributed by atoms with Crippen molar-refractivity contribution in [2.24, 2.45) is 0 Å². The van der Waals surface area contributed by atoms with E-state index in [4.69, 9.17) is 4.74 Å². The smallest absolute Gasteiger partial charge is 0.226 e. The molecule has 0 radical (unpaired) electrons. The van der Waals surface area contributed by atoms with Crippen LogP contribution in [0.25, 0.3) is 0 Å². The Balaban J connectivity index is 1.83. The van der Waals surface area contributed by atoms with E-state index in [1.165, 1.54) is 0 Å². The normalized spacial score (nSPS) is 19.2. The number of anilines is 1. The molecule has 1 aliphatic rings. The van der Waals surface area contributed by atoms with E-state index < -0.39 is 0 Å². The third kappa shape index (κ3) is 3.30. The maximum Gasteiger partial charge on any atom is 0.226 e. The molecule has 0 aliphatic carbocycles. The Morgan fingerprint density at radius 1 is 1.41 bits per heavy atom. The van der Waals surface area contributed by atoms with E-state index in [1.807, 2.05) is 37.4 Å². The topological polar surface area (TPSA) is 29.5 Å². The van der Waals surface area contributed by atoms with Gasteiger partial charge in [0.05, 0.1) is 6.10 Å². The minimum atomic E-state index is 0.159. The van der Waals surface area contributed by atoms with Crippen molar-refractivity contribution in [1.29, 1.82) is 0 Å². The van der Waals surface area contributed by atoms with Gasteiger partial charge in [-0.15, -0.1) is 0 Å². The molecule has 17 heavy (non-hydrogen) atoms. The Labute approximate surface area is 102 Å². The van der Waals surface area contributed by atoms with Crippen LogP contribution in [0.2, 0.25) is 0 Å². The lowest BCUT2D eigenvalue weighted by Gasteiger charge is -2.18. The molecule has 1 aromatic rings. The molecular formula is C14H19NO2. The number of para-hydroxylation sites is 1. The van der Waals surface area contributed by atoms with Gasteiger partial charge in [-0.3, -0.25) is 4.79 Å². The number of hydrogen-bond acceptors (Lipinski definition) is 2. The Morgan fingerprint density at radius 2 is 2.18 bits per heavy atom. The first-order chi connectivity index (χ1) is 8.27. The number of hydrogen-bond donors (Lipinski definition) is 0. The van der Waals surface area contributed by atoms with Crippen LogP contribution in [0.5, 0.6) is 0 Å². The first-order valence-corrected chi connectivity index (χ1v) is 6.20. The molecule has 0 spiro atoms. The van der Waals surface area contributed by atoms with Crippen molar-refractivity contribution < 1.29 is 9.53 Å². The standard InChI is InChI=1S/C14H19NO2/c1-15(12-6-3-2-4-7-12)14(16)10-9-13-8-5-11-17-13/h2-4,6-7,13H,5,8-11H2,1H3/t13-/m0/s1. The number of amides is 1. The van der Waals surface area contributed by atoms with Crippen LogP contribution in [-0.2, 0) is 9.53 Å². The fourth-order valence-corrected chi connectivity index (χ4v) is 2.12. The summed E-state index contributed by atoms with van der Waals surface area (Å²) in [6.07, 6.45) is 3.94. The molecule has 0 aromatic heterocycles. The van der Waals surface area contributed by atoms with Crippen molar-refractivity contribution in [3.8, 4) is 0 Å². The van der Waals surface area contributed by atoms with Gasteiger partial charge in [0.2, 0.25) is 5.91 Å². The first-order valence-electron chi connectivity index (χ1n) is 6.20. The predicted molar refractivity (Wildman–Crippen MR) is 68.1 cm³/mol. The third-order valence-corrected chi connectivity index (χ3v) is 3.22. The number of carbonyl (C=O) groups excluding carboxylic acids is 1. The van der Waals surface area contributed by atoms with Crippen LogP contribution in [0.4, 0.5) is 5.69 Å². The maximum atomic E-state index is 12.0. The van der Waals surface area contributed by atoms with Crippen LogP contribution < -0.4 is 4.90 Å². The minimum Gasteiger partial charge on any atom is -0.378 e. The predicted octanol–water partition coefficient (Wildman–Crippen LogP) is 2.61. The summed E-state index contributed by atoms with van der Waals surface area (Å²) < 4.78 is 5.52. The zero-order valence-corrected chi connectivity index (χ0v) is 10.3. The van der Waals surface area contributed by atoms with Gasteiger partial charge in [-0.2, -0.15) is 0 Å². The number of ether oxygens (including phenoxy) is 1. The highest BCUT2D eigenvalue weighted by Gasteiger charge is 2.18. The van der Waals surface area contributed by atoms with Gasteiger partial charge in [0.25, 0.3) is 0 Å². The molecule has 1 fully saturated rings. The van der Waals surface area contributed by atoms with Crippen LogP contribution in [0.15, 0.2) is 30.3 Å². The Hall–Kier alpha value is -1.35. The van der Waals surface area contributed by atoms with Crippen molar-refractivity contribution >= 4 is 11.6 Å². The monoisotopic (exact) mass is 233 g/mol. The fourth-order valence-electron chi connectivity index (χ4n) is 2.12. The molecule has 1 saturated heterocycles. The first kappa shape index (κ1) is 12.1. The lowest BCUT2D eigenvalue weighted by molar-refractivity contribution is -0.118. The Morgan fingerprint density at radius 3 is 2.82 bits per heavy atom. The molecule has 0 unspecified atom stereocenters. The summed E-state index contributed by atoms with van der Waals surface area (Å²) in [5.41, 5.74) is 0.949. The highest BCUT2D eigenvalue weighted by Crippen LogP contribution is 2.18. The van der Waals surface area contributed by atoms with E-state index in [2.05, 4.69) is 0 Å². The molecular weight excluding hydrogens is 214 g/mol. The molecule has 2 rings (SSSR count). The average Bonchev–Trinajstić information content (AvgIpc) is 2.89. The summed E-state index contributed by atoms with van der Waals surface area (Å²) in [6, 6.07) is 9.74. The van der Waals surface area contributed by atoms with Gasteiger partial charge in [0, 0.05) is 25.8 Å². The summed E-state index contributed by atoms with van der Waals surface area (Å²) in [4.78, 5) is 13.7. The zero-order valence-electron chi connectivity index (χ0n) is 10.3. The van der Waals surface area contributed by atoms with Crippen molar-refractivity contribution in [2.45, 2.75) is 31.8 Å². The largest absolute Gasteiger partial charge is 0.378 e. The highest BCUT2D eigenvalue weighted by molar-refractivity contribution is 5.92. The van der Waals surface area contributed by atoms with Crippen molar-refractivity contribution in [1.82, 2.24) is 0 Å². The molecule has 0 bridgehead atoms. The highest BCUT2D eigenvalue weighted by atomic mass is 16.5. The summed E-state index contributed by atoms with van der Waals surface area (Å²) in [5.74, 6) is 0.159. The summed E-state index contributed by atoms with van der Waals surface area (Å²) >= 11 is 0. The Kier molecular flexibility index (Phi) is 4.15. The van der Waals surface area contributed by atoms with E-state index in [9.17, 15) is 4.79 Å². The zero-order chi connectivity index (χ0) is 12.1. The van der Waals surface area contributed by atoms with E-state index in [-0.39, 0.29) is 5.91 Å². The molecule has 1 aromatic carbocycles. The van der Waals surface area contributed by atoms with Crippen LogP contribution in [0.3, 0.4) is 0 Å². The van der Waals surface area contributed by atoms with E-state index in [0.29, 0.717) is 12.5 Å². The van der Waals surface area contributed by atoms with Gasteiger partial charge in [0.1, 0.15) is 0 Å². The van der Waals surface area contributed by atoms with Crippen molar-refractivity contribution in [3.63, 3.8) is 0 Å². The van der Waals surface area contributed by atoms with Crippen LogP contribution >= 0.6 is 0 Å². The van der Waals surface area contributed by atoms with Gasteiger partial charge < -0.3 is 9.64 Å². The summed E-state index contributed by atoms with van der Waals surface area (Å²) in [6.45, 7) is 0.855. The number of carbonyl (C=O) groups is 1. The van der Waals surface area contributed by atoms with Gasteiger partial charge in [-0.1, -0.05) is 18.2 Å². The van der Waals surface area contributed by atoms with Crippen LogP contribution in [-0.4, -0.2) is 25.7 Å². The third-order valence-electron chi connectivity index (χ3n) is 3.22. The molecule has 1 heterocycles. The second-order valence-corrected chi connectivity index (χ2v) is 4.46. The molecule has 0 N–H and O–H groups in total. The number of benzene rings is 1. The lowest BCUT2D eigenvalue weighted by atomic mass is 10.1. The van der Waals surface area contributed by atoms with Crippen LogP contribution in [0, 0.1) is 0 Å².